The lowest BCUT2D eigenvalue weighted by molar-refractivity contribution is 0.100. The summed E-state index contributed by atoms with van der Waals surface area (Å²) in [6.07, 6.45) is 0. The number of aryl methyl sites for hydroxylation is 2. The third kappa shape index (κ3) is 3.58. The molecule has 1 amide bonds. The Hall–Kier alpha value is -2.29. The molecular weight excluding hydrogens is 236 g/mol. The summed E-state index contributed by atoms with van der Waals surface area (Å²) in [5.41, 5.74) is 10.5. The fourth-order valence-corrected chi connectivity index (χ4v) is 2.07. The number of hydrogen-bond donors (Lipinski definition) is 2. The molecule has 3 heteroatoms. The normalized spacial score (nSPS) is 10.2. The number of amides is 1. The smallest absolute Gasteiger partial charge is 0.248 e. The van der Waals surface area contributed by atoms with Crippen molar-refractivity contribution in [1.29, 1.82) is 0 Å². The van der Waals surface area contributed by atoms with Crippen molar-refractivity contribution in [1.82, 2.24) is 0 Å². The van der Waals surface area contributed by atoms with Crippen LogP contribution in [-0.4, -0.2) is 5.91 Å². The van der Waals surface area contributed by atoms with E-state index in [0.29, 0.717) is 5.56 Å². The summed E-state index contributed by atoms with van der Waals surface area (Å²) in [5.74, 6) is -0.395. The number of primary amides is 1. The molecule has 0 spiro atoms. The second-order valence-electron chi connectivity index (χ2n) is 4.79. The van der Waals surface area contributed by atoms with Crippen LogP contribution in [0.4, 0.5) is 5.69 Å². The molecule has 0 fully saturated rings. The van der Waals surface area contributed by atoms with E-state index in [1.807, 2.05) is 12.1 Å². The van der Waals surface area contributed by atoms with Crippen LogP contribution in [0.3, 0.4) is 0 Å². The van der Waals surface area contributed by atoms with Gasteiger partial charge < -0.3 is 11.1 Å². The first-order valence-corrected chi connectivity index (χ1v) is 6.25. The Balaban J connectivity index is 2.03. The molecule has 0 heterocycles. The zero-order valence-electron chi connectivity index (χ0n) is 11.2. The molecule has 0 saturated heterocycles. The lowest BCUT2D eigenvalue weighted by Gasteiger charge is -2.09. The fourth-order valence-electron chi connectivity index (χ4n) is 2.07. The third-order valence-electron chi connectivity index (χ3n) is 2.96. The Kier molecular flexibility index (Phi) is 3.85. The molecule has 0 atom stereocenters. The van der Waals surface area contributed by atoms with Crippen molar-refractivity contribution in [3.63, 3.8) is 0 Å². The minimum Gasteiger partial charge on any atom is -0.381 e. The van der Waals surface area contributed by atoms with Gasteiger partial charge in [-0.15, -0.1) is 0 Å². The number of carbonyl (C=O) groups excluding carboxylic acids is 1. The maximum absolute atomic E-state index is 11.0. The molecule has 0 aliphatic carbocycles. The van der Waals surface area contributed by atoms with E-state index in [1.54, 1.807) is 12.1 Å². The number of hydrogen-bond acceptors (Lipinski definition) is 2. The Bertz CT molecular complexity index is 568. The summed E-state index contributed by atoms with van der Waals surface area (Å²) in [7, 11) is 0. The fraction of sp³-hybridized carbons (Fsp3) is 0.188. The highest BCUT2D eigenvalue weighted by molar-refractivity contribution is 5.92. The van der Waals surface area contributed by atoms with E-state index >= 15 is 0 Å². The van der Waals surface area contributed by atoms with Gasteiger partial charge in [0.15, 0.2) is 0 Å². The molecule has 19 heavy (non-hydrogen) atoms. The molecule has 0 unspecified atom stereocenters. The summed E-state index contributed by atoms with van der Waals surface area (Å²) < 4.78 is 0. The van der Waals surface area contributed by atoms with Crippen LogP contribution in [0.1, 0.15) is 27.0 Å². The van der Waals surface area contributed by atoms with E-state index in [0.717, 1.165) is 17.8 Å². The highest BCUT2D eigenvalue weighted by atomic mass is 16.1. The second-order valence-corrected chi connectivity index (χ2v) is 4.79. The van der Waals surface area contributed by atoms with Crippen molar-refractivity contribution in [2.75, 3.05) is 5.32 Å². The molecular formula is C16H18N2O. The van der Waals surface area contributed by atoms with Gasteiger partial charge in [0.05, 0.1) is 0 Å². The zero-order chi connectivity index (χ0) is 13.8. The maximum atomic E-state index is 11.0. The second kappa shape index (κ2) is 5.57. The molecule has 2 rings (SSSR count). The van der Waals surface area contributed by atoms with E-state index in [1.165, 1.54) is 11.1 Å². The number of anilines is 1. The van der Waals surface area contributed by atoms with Gasteiger partial charge >= 0.3 is 0 Å². The average molecular weight is 254 g/mol. The van der Waals surface area contributed by atoms with Crippen LogP contribution in [0.2, 0.25) is 0 Å². The Morgan fingerprint density at radius 1 is 1.05 bits per heavy atom. The van der Waals surface area contributed by atoms with Crippen molar-refractivity contribution in [3.05, 3.63) is 64.7 Å². The Labute approximate surface area is 113 Å². The topological polar surface area (TPSA) is 55.1 Å². The molecule has 2 aromatic rings. The Morgan fingerprint density at radius 2 is 1.63 bits per heavy atom. The average Bonchev–Trinajstić information content (AvgIpc) is 2.36. The van der Waals surface area contributed by atoms with E-state index in [2.05, 4.69) is 37.4 Å². The highest BCUT2D eigenvalue weighted by Crippen LogP contribution is 2.15. The van der Waals surface area contributed by atoms with Crippen molar-refractivity contribution >= 4 is 11.6 Å². The Morgan fingerprint density at radius 3 is 2.16 bits per heavy atom. The van der Waals surface area contributed by atoms with Gasteiger partial charge in [0.25, 0.3) is 0 Å². The lowest BCUT2D eigenvalue weighted by Crippen LogP contribution is -2.10. The van der Waals surface area contributed by atoms with E-state index < -0.39 is 5.91 Å². The molecule has 0 aromatic heterocycles. The van der Waals surface area contributed by atoms with Gasteiger partial charge in [-0.3, -0.25) is 4.79 Å². The standard InChI is InChI=1S/C16H18N2O/c1-11-7-12(2)9-15(8-11)18-10-13-3-5-14(6-4-13)16(17)19/h3-9,18H,10H2,1-2H3,(H2,17,19). The van der Waals surface area contributed by atoms with Crippen LogP contribution in [-0.2, 0) is 6.54 Å². The van der Waals surface area contributed by atoms with Crippen LogP contribution in [0.15, 0.2) is 42.5 Å². The lowest BCUT2D eigenvalue weighted by atomic mass is 10.1. The largest absolute Gasteiger partial charge is 0.381 e. The van der Waals surface area contributed by atoms with Gasteiger partial charge in [0.1, 0.15) is 0 Å². The first-order chi connectivity index (χ1) is 9.04. The van der Waals surface area contributed by atoms with Crippen molar-refractivity contribution in [3.8, 4) is 0 Å². The monoisotopic (exact) mass is 254 g/mol. The van der Waals surface area contributed by atoms with Crippen molar-refractivity contribution in [2.45, 2.75) is 20.4 Å². The summed E-state index contributed by atoms with van der Waals surface area (Å²) in [6, 6.07) is 13.7. The van der Waals surface area contributed by atoms with Crippen LogP contribution in [0.5, 0.6) is 0 Å². The van der Waals surface area contributed by atoms with Crippen LogP contribution in [0, 0.1) is 13.8 Å². The van der Waals surface area contributed by atoms with Crippen molar-refractivity contribution in [2.24, 2.45) is 5.73 Å². The summed E-state index contributed by atoms with van der Waals surface area (Å²) in [5, 5.41) is 3.38. The molecule has 98 valence electrons. The quantitative estimate of drug-likeness (QED) is 0.881. The highest BCUT2D eigenvalue weighted by Gasteiger charge is 2.00. The molecule has 0 aliphatic rings. The van der Waals surface area contributed by atoms with Crippen molar-refractivity contribution < 1.29 is 4.79 Å². The van der Waals surface area contributed by atoms with Gasteiger partial charge in [0, 0.05) is 17.8 Å². The molecule has 3 N–H and O–H groups in total. The summed E-state index contributed by atoms with van der Waals surface area (Å²) in [4.78, 5) is 11.0. The zero-order valence-corrected chi connectivity index (χ0v) is 11.2. The van der Waals surface area contributed by atoms with Gasteiger partial charge in [-0.05, 0) is 54.8 Å². The first kappa shape index (κ1) is 13.1. The third-order valence-corrected chi connectivity index (χ3v) is 2.96. The van der Waals surface area contributed by atoms with Crippen LogP contribution >= 0.6 is 0 Å². The van der Waals surface area contributed by atoms with Gasteiger partial charge in [-0.25, -0.2) is 0 Å². The summed E-state index contributed by atoms with van der Waals surface area (Å²) >= 11 is 0. The predicted octanol–water partition coefficient (Wildman–Crippen LogP) is 3.01. The molecule has 0 radical (unpaired) electrons. The molecule has 3 nitrogen and oxygen atoms in total. The van der Waals surface area contributed by atoms with E-state index in [-0.39, 0.29) is 0 Å². The minimum absolute atomic E-state index is 0.395. The minimum atomic E-state index is -0.395. The van der Waals surface area contributed by atoms with E-state index in [4.69, 9.17) is 5.73 Å². The predicted molar refractivity (Wildman–Crippen MR) is 78.2 cm³/mol. The van der Waals surface area contributed by atoms with Gasteiger partial charge in [-0.2, -0.15) is 0 Å². The molecule has 0 aliphatic heterocycles. The van der Waals surface area contributed by atoms with Crippen LogP contribution in [0.25, 0.3) is 0 Å². The summed E-state index contributed by atoms with van der Waals surface area (Å²) in [6.45, 7) is 4.89. The van der Waals surface area contributed by atoms with Crippen LogP contribution < -0.4 is 11.1 Å². The maximum Gasteiger partial charge on any atom is 0.248 e. The number of carbonyl (C=O) groups is 1. The van der Waals surface area contributed by atoms with E-state index in [9.17, 15) is 4.79 Å². The molecule has 0 bridgehead atoms. The van der Waals surface area contributed by atoms with Gasteiger partial charge in [0.2, 0.25) is 5.91 Å². The molecule has 0 saturated carbocycles. The number of rotatable bonds is 4. The number of benzene rings is 2. The molecule has 2 aromatic carbocycles. The number of nitrogens with one attached hydrogen (secondary N) is 1. The SMILES string of the molecule is Cc1cc(C)cc(NCc2ccc(C(N)=O)cc2)c1. The first-order valence-electron chi connectivity index (χ1n) is 6.25. The number of nitrogens with two attached hydrogens (primary N) is 1. The van der Waals surface area contributed by atoms with Gasteiger partial charge in [-0.1, -0.05) is 18.2 Å².